The Hall–Kier alpha value is -1.18. The molecule has 4 heteroatoms. The van der Waals surface area contributed by atoms with Crippen LogP contribution in [0.5, 0.6) is 0 Å². The average molecular weight is 198 g/mol. The van der Waals surface area contributed by atoms with Gasteiger partial charge in [0.15, 0.2) is 0 Å². The van der Waals surface area contributed by atoms with Crippen LogP contribution in [0.15, 0.2) is 29.4 Å². The Morgan fingerprint density at radius 3 is 2.38 bits per heavy atom. The fraction of sp³-hybridized carbons (Fsp3) is 0.333. The molecule has 0 bridgehead atoms. The van der Waals surface area contributed by atoms with Crippen LogP contribution in [0.4, 0.5) is 0 Å². The molecular formula is C9H12ClN3. The fourth-order valence-electron chi connectivity index (χ4n) is 0.885. The summed E-state index contributed by atoms with van der Waals surface area (Å²) in [7, 11) is 0. The molecule has 1 aromatic rings. The zero-order chi connectivity index (χ0) is 8.97. The first-order chi connectivity index (χ1) is 5.74. The number of rotatable bonds is 2. The first kappa shape index (κ1) is 11.8. The summed E-state index contributed by atoms with van der Waals surface area (Å²) in [4.78, 5) is 2.73. The summed E-state index contributed by atoms with van der Waals surface area (Å²) in [5, 5.41) is 4.25. The Labute approximate surface area is 83.0 Å². The summed E-state index contributed by atoms with van der Waals surface area (Å²) < 4.78 is 0. The third kappa shape index (κ3) is 3.36. The van der Waals surface area contributed by atoms with Gasteiger partial charge in [-0.25, -0.2) is 0 Å². The molecule has 1 unspecified atom stereocenters. The molecule has 3 nitrogen and oxygen atoms in total. The van der Waals surface area contributed by atoms with Crippen LogP contribution in [0.25, 0.3) is 10.4 Å². The molecule has 1 rings (SSSR count). The minimum atomic E-state index is -0.132. The Morgan fingerprint density at radius 1 is 1.38 bits per heavy atom. The van der Waals surface area contributed by atoms with E-state index in [0.29, 0.717) is 5.02 Å². The predicted octanol–water partition coefficient (Wildman–Crippen LogP) is 4.35. The van der Waals surface area contributed by atoms with Gasteiger partial charge < -0.3 is 0 Å². The van der Waals surface area contributed by atoms with E-state index in [-0.39, 0.29) is 13.5 Å². The van der Waals surface area contributed by atoms with E-state index < -0.39 is 0 Å². The van der Waals surface area contributed by atoms with E-state index in [9.17, 15) is 0 Å². The number of nitrogens with zero attached hydrogens (tertiary/aromatic N) is 3. The van der Waals surface area contributed by atoms with Crippen molar-refractivity contribution in [2.45, 2.75) is 20.4 Å². The lowest BCUT2D eigenvalue weighted by molar-refractivity contribution is 0.808. The van der Waals surface area contributed by atoms with Crippen molar-refractivity contribution in [2.24, 2.45) is 5.11 Å². The third-order valence-corrected chi connectivity index (χ3v) is 1.83. The quantitative estimate of drug-likeness (QED) is 0.385. The molecule has 0 saturated heterocycles. The lowest BCUT2D eigenvalue weighted by Crippen LogP contribution is -1.86. The molecule has 0 aliphatic heterocycles. The molecule has 0 amide bonds. The number of benzene rings is 1. The van der Waals surface area contributed by atoms with Gasteiger partial charge in [-0.15, -0.1) is 0 Å². The maximum atomic E-state index is 8.18. The van der Waals surface area contributed by atoms with Crippen LogP contribution in [0, 0.1) is 0 Å². The summed E-state index contributed by atoms with van der Waals surface area (Å²) in [5.74, 6) is 0. The normalized spacial score (nSPS) is 10.9. The van der Waals surface area contributed by atoms with Gasteiger partial charge in [0, 0.05) is 9.93 Å². The molecule has 0 aliphatic carbocycles. The summed E-state index contributed by atoms with van der Waals surface area (Å²) in [6, 6.07) is 7.12. The van der Waals surface area contributed by atoms with Crippen molar-refractivity contribution in [3.63, 3.8) is 0 Å². The van der Waals surface area contributed by atoms with Crippen LogP contribution < -0.4 is 0 Å². The predicted molar refractivity (Wildman–Crippen MR) is 55.7 cm³/mol. The van der Waals surface area contributed by atoms with Gasteiger partial charge in [0.25, 0.3) is 0 Å². The smallest absolute Gasteiger partial charge is 0.0597 e. The summed E-state index contributed by atoms with van der Waals surface area (Å²) >= 11 is 5.69. The molecular weight excluding hydrogens is 186 g/mol. The Bertz CT molecular complexity index is 301. The van der Waals surface area contributed by atoms with Crippen molar-refractivity contribution in [3.8, 4) is 0 Å². The van der Waals surface area contributed by atoms with Crippen LogP contribution in [0.1, 0.15) is 26.0 Å². The van der Waals surface area contributed by atoms with Crippen LogP contribution in [0.3, 0.4) is 0 Å². The van der Waals surface area contributed by atoms with Gasteiger partial charge in [-0.2, -0.15) is 0 Å². The number of hydrogen-bond acceptors (Lipinski definition) is 1. The van der Waals surface area contributed by atoms with Crippen molar-refractivity contribution in [3.05, 3.63) is 45.3 Å². The van der Waals surface area contributed by atoms with E-state index in [0.717, 1.165) is 5.56 Å². The van der Waals surface area contributed by atoms with Gasteiger partial charge in [0.1, 0.15) is 0 Å². The van der Waals surface area contributed by atoms with E-state index in [2.05, 4.69) is 10.0 Å². The minimum absolute atomic E-state index is 0. The molecule has 0 spiro atoms. The average Bonchev–Trinajstić information content (AvgIpc) is 2.06. The highest BCUT2D eigenvalue weighted by Gasteiger charge is 2.00. The van der Waals surface area contributed by atoms with Crippen molar-refractivity contribution < 1.29 is 0 Å². The second-order valence-electron chi connectivity index (χ2n) is 2.43. The SMILES string of the molecule is C.CC(N=[N+]=[N-])c1ccc(Cl)cc1. The van der Waals surface area contributed by atoms with E-state index in [4.69, 9.17) is 17.1 Å². The monoisotopic (exact) mass is 197 g/mol. The fourth-order valence-corrected chi connectivity index (χ4v) is 1.01. The Balaban J connectivity index is 0.00000144. The first-order valence-corrected chi connectivity index (χ1v) is 3.91. The zero-order valence-electron chi connectivity index (χ0n) is 6.61. The highest BCUT2D eigenvalue weighted by molar-refractivity contribution is 6.30. The molecule has 70 valence electrons. The largest absolute Gasteiger partial charge is 0.0862 e. The van der Waals surface area contributed by atoms with Gasteiger partial charge in [0.2, 0.25) is 0 Å². The highest BCUT2D eigenvalue weighted by atomic mass is 35.5. The lowest BCUT2D eigenvalue weighted by atomic mass is 10.1. The minimum Gasteiger partial charge on any atom is -0.0862 e. The van der Waals surface area contributed by atoms with Gasteiger partial charge >= 0.3 is 0 Å². The van der Waals surface area contributed by atoms with Crippen molar-refractivity contribution in [1.82, 2.24) is 0 Å². The lowest BCUT2D eigenvalue weighted by Gasteiger charge is -2.03. The number of azide groups is 1. The third-order valence-electron chi connectivity index (χ3n) is 1.58. The number of hydrogen-bond donors (Lipinski definition) is 0. The van der Waals surface area contributed by atoms with Gasteiger partial charge in [0.05, 0.1) is 6.04 Å². The Morgan fingerprint density at radius 2 is 1.92 bits per heavy atom. The molecule has 1 atom stereocenters. The van der Waals surface area contributed by atoms with E-state index >= 15 is 0 Å². The van der Waals surface area contributed by atoms with Crippen LogP contribution >= 0.6 is 11.6 Å². The van der Waals surface area contributed by atoms with Crippen LogP contribution in [-0.4, -0.2) is 0 Å². The summed E-state index contributed by atoms with van der Waals surface area (Å²) in [6.45, 7) is 1.84. The van der Waals surface area contributed by atoms with Gasteiger partial charge in [-0.1, -0.05) is 43.2 Å². The standard InChI is InChI=1S/C8H8ClN3.CH4/c1-6(11-12-10)7-2-4-8(9)5-3-7;/h2-6H,1H3;1H4. The molecule has 0 aliphatic rings. The molecule has 0 heterocycles. The molecule has 0 aromatic heterocycles. The number of halogens is 1. The highest BCUT2D eigenvalue weighted by Crippen LogP contribution is 2.18. The van der Waals surface area contributed by atoms with Crippen molar-refractivity contribution in [2.75, 3.05) is 0 Å². The second-order valence-corrected chi connectivity index (χ2v) is 2.87. The van der Waals surface area contributed by atoms with E-state index in [1.165, 1.54) is 0 Å². The molecule has 13 heavy (non-hydrogen) atoms. The van der Waals surface area contributed by atoms with Gasteiger partial charge in [-0.05, 0) is 23.2 Å². The topological polar surface area (TPSA) is 48.8 Å². The van der Waals surface area contributed by atoms with E-state index in [1.807, 2.05) is 19.1 Å². The maximum absolute atomic E-state index is 8.18. The van der Waals surface area contributed by atoms with Gasteiger partial charge in [-0.3, -0.25) is 0 Å². The molecule has 0 radical (unpaired) electrons. The Kier molecular flexibility index (Phi) is 4.97. The van der Waals surface area contributed by atoms with Crippen molar-refractivity contribution >= 4 is 11.6 Å². The molecule has 1 aromatic carbocycles. The van der Waals surface area contributed by atoms with Crippen LogP contribution in [-0.2, 0) is 0 Å². The van der Waals surface area contributed by atoms with Crippen molar-refractivity contribution in [1.29, 1.82) is 0 Å². The summed E-state index contributed by atoms with van der Waals surface area (Å²) in [5.41, 5.74) is 9.15. The van der Waals surface area contributed by atoms with Crippen LogP contribution in [0.2, 0.25) is 5.02 Å². The van der Waals surface area contributed by atoms with E-state index in [1.54, 1.807) is 12.1 Å². The zero-order valence-corrected chi connectivity index (χ0v) is 7.36. The second kappa shape index (κ2) is 5.46. The maximum Gasteiger partial charge on any atom is 0.0597 e. The molecule has 0 saturated carbocycles. The molecule has 0 N–H and O–H groups in total. The first-order valence-electron chi connectivity index (χ1n) is 3.53. The summed E-state index contributed by atoms with van der Waals surface area (Å²) in [6.07, 6.45) is 0. The molecule has 0 fully saturated rings.